The molecule has 19 heavy (non-hydrogen) atoms. The van der Waals surface area contributed by atoms with Gasteiger partial charge >= 0.3 is 0 Å². The van der Waals surface area contributed by atoms with Crippen molar-refractivity contribution in [3.8, 4) is 0 Å². The Morgan fingerprint density at radius 2 is 1.95 bits per heavy atom. The van der Waals surface area contributed by atoms with E-state index < -0.39 is 0 Å². The van der Waals surface area contributed by atoms with Gasteiger partial charge < -0.3 is 10.3 Å². The smallest absolute Gasteiger partial charge is 0.243 e. The van der Waals surface area contributed by atoms with Gasteiger partial charge in [-0.1, -0.05) is 47.6 Å². The van der Waals surface area contributed by atoms with Crippen molar-refractivity contribution in [2.45, 2.75) is 19.4 Å². The summed E-state index contributed by atoms with van der Waals surface area (Å²) in [5, 5.41) is 6.40. The summed E-state index contributed by atoms with van der Waals surface area (Å²) in [6.45, 7) is 1.83. The zero-order valence-electron chi connectivity index (χ0n) is 10.7. The first-order valence-corrected chi connectivity index (χ1v) is 6.28. The van der Waals surface area contributed by atoms with Crippen molar-refractivity contribution >= 4 is 10.8 Å². The molecule has 3 rings (SSSR count). The molecule has 0 saturated carbocycles. The molecule has 0 spiro atoms. The van der Waals surface area contributed by atoms with Crippen molar-refractivity contribution in [1.82, 2.24) is 10.1 Å². The summed E-state index contributed by atoms with van der Waals surface area (Å²) in [5.74, 6) is 1.15. The molecule has 0 radical (unpaired) electrons. The molecular weight excluding hydrogens is 238 g/mol. The van der Waals surface area contributed by atoms with E-state index in [9.17, 15) is 0 Å². The molecule has 3 aromatic rings. The Balaban J connectivity index is 1.87. The van der Waals surface area contributed by atoms with Crippen LogP contribution in [0.25, 0.3) is 10.8 Å². The number of nitrogens with two attached hydrogens (primary N) is 1. The molecule has 0 saturated heterocycles. The van der Waals surface area contributed by atoms with Gasteiger partial charge in [0.25, 0.3) is 0 Å². The minimum absolute atomic E-state index is 0.224. The van der Waals surface area contributed by atoms with Crippen molar-refractivity contribution in [1.29, 1.82) is 0 Å². The highest BCUT2D eigenvalue weighted by Gasteiger charge is 2.10. The summed E-state index contributed by atoms with van der Waals surface area (Å²) in [5.41, 5.74) is 6.86. The number of fused-ring (bicyclic) bond motifs is 1. The lowest BCUT2D eigenvalue weighted by Crippen LogP contribution is -2.05. The second kappa shape index (κ2) is 4.82. The standard InChI is InChI=1S/C15H15N3O/c1-10(16)15-17-14(18-19-15)9-11-6-7-12-4-2-3-5-13(12)8-11/h2-8,10H,9,16H2,1H3/t10-/m0/s1. The molecule has 0 aliphatic heterocycles. The first-order chi connectivity index (χ1) is 9.22. The second-order valence-corrected chi connectivity index (χ2v) is 4.70. The predicted molar refractivity (Wildman–Crippen MR) is 73.7 cm³/mol. The molecule has 4 heteroatoms. The van der Waals surface area contributed by atoms with Crippen molar-refractivity contribution in [3.63, 3.8) is 0 Å². The van der Waals surface area contributed by atoms with E-state index >= 15 is 0 Å². The van der Waals surface area contributed by atoms with Gasteiger partial charge in [-0.15, -0.1) is 0 Å². The lowest BCUT2D eigenvalue weighted by atomic mass is 10.1. The highest BCUT2D eigenvalue weighted by molar-refractivity contribution is 5.83. The lowest BCUT2D eigenvalue weighted by molar-refractivity contribution is 0.358. The van der Waals surface area contributed by atoms with Gasteiger partial charge in [0.1, 0.15) is 0 Å². The molecule has 0 amide bonds. The number of aromatic nitrogens is 2. The van der Waals surface area contributed by atoms with Crippen LogP contribution in [0, 0.1) is 0 Å². The molecule has 1 heterocycles. The van der Waals surface area contributed by atoms with E-state index in [-0.39, 0.29) is 6.04 Å². The van der Waals surface area contributed by atoms with Crippen molar-refractivity contribution in [3.05, 3.63) is 59.7 Å². The van der Waals surface area contributed by atoms with Crippen LogP contribution in [-0.2, 0) is 6.42 Å². The Morgan fingerprint density at radius 1 is 1.16 bits per heavy atom. The fourth-order valence-electron chi connectivity index (χ4n) is 2.06. The third kappa shape index (κ3) is 2.48. The minimum atomic E-state index is -0.224. The topological polar surface area (TPSA) is 64.9 Å². The molecule has 4 nitrogen and oxygen atoms in total. The van der Waals surface area contributed by atoms with Crippen molar-refractivity contribution in [2.24, 2.45) is 5.73 Å². The van der Waals surface area contributed by atoms with Crippen molar-refractivity contribution in [2.75, 3.05) is 0 Å². The van der Waals surface area contributed by atoms with Gasteiger partial charge in [0.15, 0.2) is 5.82 Å². The van der Waals surface area contributed by atoms with E-state index in [0.717, 1.165) is 5.56 Å². The number of benzene rings is 2. The van der Waals surface area contributed by atoms with E-state index in [1.165, 1.54) is 10.8 Å². The fraction of sp³-hybridized carbons (Fsp3) is 0.200. The maximum absolute atomic E-state index is 5.70. The third-order valence-electron chi connectivity index (χ3n) is 3.05. The Morgan fingerprint density at radius 3 is 2.68 bits per heavy atom. The van der Waals surface area contributed by atoms with Gasteiger partial charge in [-0.25, -0.2) is 0 Å². The monoisotopic (exact) mass is 253 g/mol. The van der Waals surface area contributed by atoms with E-state index in [2.05, 4.69) is 40.5 Å². The Hall–Kier alpha value is -2.20. The van der Waals surface area contributed by atoms with Crippen LogP contribution in [0.15, 0.2) is 47.0 Å². The van der Waals surface area contributed by atoms with Crippen LogP contribution in [-0.4, -0.2) is 10.1 Å². The number of hydrogen-bond acceptors (Lipinski definition) is 4. The molecule has 2 aromatic carbocycles. The number of nitrogens with zero attached hydrogens (tertiary/aromatic N) is 2. The van der Waals surface area contributed by atoms with Crippen LogP contribution in [0.3, 0.4) is 0 Å². The highest BCUT2D eigenvalue weighted by Crippen LogP contribution is 2.17. The summed E-state index contributed by atoms with van der Waals surface area (Å²) in [7, 11) is 0. The summed E-state index contributed by atoms with van der Waals surface area (Å²) in [6.07, 6.45) is 0.654. The van der Waals surface area contributed by atoms with Gasteiger partial charge in [-0.05, 0) is 23.3 Å². The summed E-state index contributed by atoms with van der Waals surface area (Å²) in [6, 6.07) is 14.4. The molecular formula is C15H15N3O. The third-order valence-corrected chi connectivity index (χ3v) is 3.05. The molecule has 0 aliphatic carbocycles. The van der Waals surface area contributed by atoms with Crippen LogP contribution >= 0.6 is 0 Å². The maximum atomic E-state index is 5.70. The average molecular weight is 253 g/mol. The highest BCUT2D eigenvalue weighted by atomic mass is 16.5. The van der Waals surface area contributed by atoms with Crippen LogP contribution in [0.2, 0.25) is 0 Å². The molecule has 2 N–H and O–H groups in total. The average Bonchev–Trinajstić information content (AvgIpc) is 2.87. The van der Waals surface area contributed by atoms with Crippen LogP contribution < -0.4 is 5.73 Å². The van der Waals surface area contributed by atoms with E-state index in [1.807, 2.05) is 19.1 Å². The summed E-state index contributed by atoms with van der Waals surface area (Å²) >= 11 is 0. The summed E-state index contributed by atoms with van der Waals surface area (Å²) in [4.78, 5) is 4.28. The van der Waals surface area contributed by atoms with Gasteiger partial charge in [0.05, 0.1) is 6.04 Å². The van der Waals surface area contributed by atoms with Crippen LogP contribution in [0.5, 0.6) is 0 Å². The number of rotatable bonds is 3. The molecule has 0 unspecified atom stereocenters. The SMILES string of the molecule is C[C@H](N)c1nc(Cc2ccc3ccccc3c2)no1. The molecule has 96 valence electrons. The Labute approximate surface area is 111 Å². The number of hydrogen-bond donors (Lipinski definition) is 1. The normalized spacial score (nSPS) is 12.7. The molecule has 0 aliphatic rings. The van der Waals surface area contributed by atoms with E-state index in [1.54, 1.807) is 0 Å². The molecule has 1 aromatic heterocycles. The first kappa shape index (κ1) is 11.9. The minimum Gasteiger partial charge on any atom is -0.338 e. The Kier molecular flexibility index (Phi) is 3.01. The van der Waals surface area contributed by atoms with Gasteiger partial charge in [-0.3, -0.25) is 0 Å². The zero-order chi connectivity index (χ0) is 13.2. The molecule has 0 bridgehead atoms. The van der Waals surface area contributed by atoms with Crippen LogP contribution in [0.4, 0.5) is 0 Å². The fourth-order valence-corrected chi connectivity index (χ4v) is 2.06. The quantitative estimate of drug-likeness (QED) is 0.779. The molecule has 1 atom stereocenters. The van der Waals surface area contributed by atoms with Gasteiger partial charge in [0.2, 0.25) is 5.89 Å². The van der Waals surface area contributed by atoms with Crippen LogP contribution in [0.1, 0.15) is 30.2 Å². The summed E-state index contributed by atoms with van der Waals surface area (Å²) < 4.78 is 5.10. The van der Waals surface area contributed by atoms with E-state index in [4.69, 9.17) is 10.3 Å². The second-order valence-electron chi connectivity index (χ2n) is 4.70. The van der Waals surface area contributed by atoms with E-state index in [0.29, 0.717) is 18.1 Å². The molecule has 0 fully saturated rings. The van der Waals surface area contributed by atoms with Gasteiger partial charge in [-0.2, -0.15) is 4.98 Å². The largest absolute Gasteiger partial charge is 0.338 e. The van der Waals surface area contributed by atoms with Crippen molar-refractivity contribution < 1.29 is 4.52 Å². The lowest BCUT2D eigenvalue weighted by Gasteiger charge is -2.01. The first-order valence-electron chi connectivity index (χ1n) is 6.28. The predicted octanol–water partition coefficient (Wildman–Crippen LogP) is 2.83. The van der Waals surface area contributed by atoms with Gasteiger partial charge in [0, 0.05) is 6.42 Å². The Bertz CT molecular complexity index is 703. The maximum Gasteiger partial charge on any atom is 0.243 e. The zero-order valence-corrected chi connectivity index (χ0v) is 10.7.